The summed E-state index contributed by atoms with van der Waals surface area (Å²) in [6.07, 6.45) is 2.50. The van der Waals surface area contributed by atoms with Gasteiger partial charge in [-0.1, -0.05) is 23.2 Å². The van der Waals surface area contributed by atoms with Crippen molar-refractivity contribution in [1.82, 2.24) is 15.1 Å². The van der Waals surface area contributed by atoms with Gasteiger partial charge < -0.3 is 15.4 Å². The second-order valence-corrected chi connectivity index (χ2v) is 8.23. The maximum atomic E-state index is 11.8. The number of halogens is 2. The van der Waals surface area contributed by atoms with Crippen LogP contribution in [0.1, 0.15) is 21.8 Å². The zero-order chi connectivity index (χ0) is 20.3. The van der Waals surface area contributed by atoms with Crippen molar-refractivity contribution in [3.8, 4) is 0 Å². The fourth-order valence-electron chi connectivity index (χ4n) is 2.62. The first-order valence-electron chi connectivity index (χ1n) is 8.44. The predicted octanol–water partition coefficient (Wildman–Crippen LogP) is 4.88. The summed E-state index contributed by atoms with van der Waals surface area (Å²) in [5, 5.41) is 12.9. The van der Waals surface area contributed by atoms with Gasteiger partial charge in [0.25, 0.3) is 0 Å². The average Bonchev–Trinajstić information content (AvgIpc) is 3.18. The number of esters is 1. The smallest absolute Gasteiger partial charge is 0.349 e. The van der Waals surface area contributed by atoms with E-state index >= 15 is 0 Å². The zero-order valence-electron chi connectivity index (χ0n) is 15.2. The van der Waals surface area contributed by atoms with E-state index in [2.05, 4.69) is 15.7 Å². The highest BCUT2D eigenvalue weighted by molar-refractivity contribution is 7.80. The largest absolute Gasteiger partial charge is 0.465 e. The Labute approximate surface area is 181 Å². The minimum Gasteiger partial charge on any atom is -0.465 e. The molecule has 0 unspecified atom stereocenters. The van der Waals surface area contributed by atoms with Crippen LogP contribution >= 0.6 is 46.8 Å². The van der Waals surface area contributed by atoms with Gasteiger partial charge in [-0.05, 0) is 43.8 Å². The predicted molar refractivity (Wildman–Crippen MR) is 119 cm³/mol. The molecule has 0 amide bonds. The molecule has 0 bridgehead atoms. The highest BCUT2D eigenvalue weighted by Crippen LogP contribution is 2.37. The van der Waals surface area contributed by atoms with E-state index in [0.717, 1.165) is 34.4 Å². The molecule has 0 spiro atoms. The number of thiocarbonyl (C=S) groups is 1. The Morgan fingerprint density at radius 2 is 2.18 bits per heavy atom. The molecular weight excluding hydrogens is 439 g/mol. The van der Waals surface area contributed by atoms with Crippen LogP contribution in [0.25, 0.3) is 10.1 Å². The summed E-state index contributed by atoms with van der Waals surface area (Å²) in [5.41, 5.74) is 1.77. The first-order valence-corrected chi connectivity index (χ1v) is 10.4. The zero-order valence-corrected chi connectivity index (χ0v) is 18.4. The summed E-state index contributed by atoms with van der Waals surface area (Å²) in [4.78, 5) is 12.2. The number of hydrogen-bond acceptors (Lipinski definition) is 5. The number of aryl methyl sites for hydroxylation is 1. The molecule has 2 heterocycles. The topological polar surface area (TPSA) is 68.2 Å². The molecule has 0 aliphatic carbocycles. The molecule has 3 rings (SSSR count). The number of aromatic nitrogens is 2. The number of nitrogens with one attached hydrogen (secondary N) is 2. The molecule has 10 heteroatoms. The molecule has 0 saturated carbocycles. The minimum absolute atomic E-state index is 0.394. The van der Waals surface area contributed by atoms with Crippen LogP contribution in [0, 0.1) is 6.92 Å². The molecule has 0 fully saturated rings. The first kappa shape index (κ1) is 20.9. The Hall–Kier alpha value is -1.87. The summed E-state index contributed by atoms with van der Waals surface area (Å²) in [5.74, 6) is -0.438. The van der Waals surface area contributed by atoms with Gasteiger partial charge in [-0.2, -0.15) is 5.10 Å². The number of rotatable bonds is 6. The van der Waals surface area contributed by atoms with Gasteiger partial charge >= 0.3 is 5.97 Å². The third-order valence-electron chi connectivity index (χ3n) is 4.13. The Morgan fingerprint density at radius 1 is 1.39 bits per heavy atom. The number of nitrogens with zero attached hydrogens (tertiary/aromatic N) is 2. The number of carbonyl (C=O) groups is 1. The average molecular weight is 457 g/mol. The van der Waals surface area contributed by atoms with Crippen molar-refractivity contribution in [1.29, 1.82) is 0 Å². The van der Waals surface area contributed by atoms with Crippen LogP contribution in [-0.2, 0) is 11.3 Å². The van der Waals surface area contributed by atoms with Crippen molar-refractivity contribution in [3.05, 3.63) is 45.0 Å². The van der Waals surface area contributed by atoms with Gasteiger partial charge in [0.05, 0.1) is 29.0 Å². The van der Waals surface area contributed by atoms with Gasteiger partial charge in [0.1, 0.15) is 4.88 Å². The van der Waals surface area contributed by atoms with E-state index in [0.29, 0.717) is 26.6 Å². The normalized spacial score (nSPS) is 10.9. The van der Waals surface area contributed by atoms with Crippen molar-refractivity contribution in [2.24, 2.45) is 0 Å². The van der Waals surface area contributed by atoms with Crippen LogP contribution < -0.4 is 10.6 Å². The third kappa shape index (κ3) is 4.57. The number of anilines is 1. The molecule has 6 nitrogen and oxygen atoms in total. The van der Waals surface area contributed by atoms with Crippen LogP contribution in [-0.4, -0.2) is 34.5 Å². The van der Waals surface area contributed by atoms with Gasteiger partial charge in [-0.3, -0.25) is 4.68 Å². The molecule has 0 aliphatic rings. The van der Waals surface area contributed by atoms with Crippen LogP contribution in [0.2, 0.25) is 10.0 Å². The number of hydrogen-bond donors (Lipinski definition) is 2. The second-order valence-electron chi connectivity index (χ2n) is 5.98. The van der Waals surface area contributed by atoms with E-state index in [1.165, 1.54) is 18.4 Å². The fourth-order valence-corrected chi connectivity index (χ4v) is 4.45. The molecule has 1 aromatic carbocycles. The molecule has 3 aromatic rings. The van der Waals surface area contributed by atoms with Gasteiger partial charge in [-0.15, -0.1) is 11.3 Å². The summed E-state index contributed by atoms with van der Waals surface area (Å²) in [6.45, 7) is 3.39. The molecular formula is C18H18Cl2N4O2S2. The SMILES string of the molecule is COC(=O)c1sc2cc(NC(=S)NCCCn3ncc(Cl)c3C)ccc2c1Cl. The third-order valence-corrected chi connectivity index (χ3v) is 6.39. The molecule has 148 valence electrons. The lowest BCUT2D eigenvalue weighted by Crippen LogP contribution is -2.29. The highest BCUT2D eigenvalue weighted by atomic mass is 35.5. The molecule has 28 heavy (non-hydrogen) atoms. The second kappa shape index (κ2) is 9.09. The summed E-state index contributed by atoms with van der Waals surface area (Å²) < 4.78 is 7.51. The molecule has 0 saturated heterocycles. The quantitative estimate of drug-likeness (QED) is 0.313. The van der Waals surface area contributed by atoms with Crippen molar-refractivity contribution < 1.29 is 9.53 Å². The molecule has 2 N–H and O–H groups in total. The lowest BCUT2D eigenvalue weighted by atomic mass is 10.2. The number of benzene rings is 1. The monoisotopic (exact) mass is 456 g/mol. The van der Waals surface area contributed by atoms with Crippen molar-refractivity contribution in [3.63, 3.8) is 0 Å². The summed E-state index contributed by atoms with van der Waals surface area (Å²) in [7, 11) is 1.34. The molecule has 2 aromatic heterocycles. The number of ether oxygens (including phenoxy) is 1. The Balaban J connectivity index is 1.55. The number of methoxy groups -OCH3 is 1. The van der Waals surface area contributed by atoms with E-state index in [9.17, 15) is 4.79 Å². The highest BCUT2D eigenvalue weighted by Gasteiger charge is 2.17. The Bertz CT molecular complexity index is 1030. The summed E-state index contributed by atoms with van der Waals surface area (Å²) >= 11 is 18.9. The maximum absolute atomic E-state index is 11.8. The van der Waals surface area contributed by atoms with Crippen molar-refractivity contribution >= 4 is 73.6 Å². The lowest BCUT2D eigenvalue weighted by Gasteiger charge is -2.11. The van der Waals surface area contributed by atoms with Crippen LogP contribution in [0.4, 0.5) is 5.69 Å². The number of thiophene rings is 1. The van der Waals surface area contributed by atoms with E-state index in [1.54, 1.807) is 6.20 Å². The molecule has 0 radical (unpaired) electrons. The Morgan fingerprint density at radius 3 is 2.86 bits per heavy atom. The number of carbonyl (C=O) groups excluding carboxylic acids is 1. The lowest BCUT2D eigenvalue weighted by molar-refractivity contribution is 0.0606. The minimum atomic E-state index is -0.438. The van der Waals surface area contributed by atoms with Crippen LogP contribution in [0.5, 0.6) is 0 Å². The van der Waals surface area contributed by atoms with Gasteiger partial charge in [0, 0.05) is 28.9 Å². The standard InChI is InChI=1S/C18H18Cl2N4O2S2/c1-10-13(19)9-22-24(10)7-3-6-21-18(27)23-11-4-5-12-14(8-11)28-16(15(12)20)17(25)26-2/h4-5,8-9H,3,6-7H2,1-2H3,(H2,21,23,27). The van der Waals surface area contributed by atoms with E-state index < -0.39 is 5.97 Å². The summed E-state index contributed by atoms with van der Waals surface area (Å²) in [6, 6.07) is 5.63. The number of fused-ring (bicyclic) bond motifs is 1. The van der Waals surface area contributed by atoms with E-state index in [4.69, 9.17) is 40.2 Å². The Kier molecular flexibility index (Phi) is 6.77. The van der Waals surface area contributed by atoms with Crippen molar-refractivity contribution in [2.45, 2.75) is 19.9 Å². The van der Waals surface area contributed by atoms with E-state index in [1.807, 2.05) is 29.8 Å². The van der Waals surface area contributed by atoms with Crippen LogP contribution in [0.3, 0.4) is 0 Å². The van der Waals surface area contributed by atoms with Gasteiger partial charge in [-0.25, -0.2) is 4.79 Å². The van der Waals surface area contributed by atoms with Crippen molar-refractivity contribution in [2.75, 3.05) is 19.0 Å². The van der Waals surface area contributed by atoms with Gasteiger partial charge in [0.15, 0.2) is 5.11 Å². The fraction of sp³-hybridized carbons (Fsp3) is 0.278. The molecule has 0 atom stereocenters. The van der Waals surface area contributed by atoms with Crippen LogP contribution in [0.15, 0.2) is 24.4 Å². The van der Waals surface area contributed by atoms with Gasteiger partial charge in [0.2, 0.25) is 0 Å². The maximum Gasteiger partial charge on any atom is 0.349 e. The van der Waals surface area contributed by atoms with E-state index in [-0.39, 0.29) is 0 Å². The molecule has 0 aliphatic heterocycles. The first-order chi connectivity index (χ1) is 13.4.